The van der Waals surface area contributed by atoms with Crippen molar-refractivity contribution >= 4 is 11.8 Å². The van der Waals surface area contributed by atoms with Crippen molar-refractivity contribution in [1.29, 1.82) is 0 Å². The lowest BCUT2D eigenvalue weighted by Crippen LogP contribution is -2.62. The van der Waals surface area contributed by atoms with E-state index in [1.165, 1.54) is 0 Å². The van der Waals surface area contributed by atoms with Gasteiger partial charge in [-0.1, -0.05) is 5.21 Å². The van der Waals surface area contributed by atoms with Crippen molar-refractivity contribution in [3.8, 4) is 0 Å². The molecule has 0 saturated carbocycles. The van der Waals surface area contributed by atoms with Gasteiger partial charge >= 0.3 is 0 Å². The number of amides is 2. The van der Waals surface area contributed by atoms with Crippen LogP contribution in [0.1, 0.15) is 19.3 Å². The Morgan fingerprint density at radius 3 is 2.83 bits per heavy atom. The Bertz CT molecular complexity index is 575. The molecule has 3 rings (SSSR count). The predicted octanol–water partition coefficient (Wildman–Crippen LogP) is -0.567. The SMILES string of the molecule is CN1CC[C@@]2(CCC1=O)CN(C(=O)Cn1ccnn1)CCN2C. The molecule has 23 heavy (non-hydrogen) atoms. The van der Waals surface area contributed by atoms with Crippen LogP contribution in [0.25, 0.3) is 0 Å². The number of carbonyl (C=O) groups is 2. The van der Waals surface area contributed by atoms with E-state index < -0.39 is 0 Å². The standard InChI is InChI=1S/C15H24N6O2/c1-18-7-5-15(4-3-13(18)22)12-20(10-9-19(15)2)14(23)11-21-8-6-16-17-21/h6,8H,3-5,7,9-12H2,1-2H3/t15-/m0/s1. The molecule has 0 unspecified atom stereocenters. The Kier molecular flexibility index (Phi) is 4.34. The lowest BCUT2D eigenvalue weighted by atomic mass is 9.86. The monoisotopic (exact) mass is 320 g/mol. The second-order valence-corrected chi connectivity index (χ2v) is 6.63. The first-order valence-corrected chi connectivity index (χ1v) is 8.07. The van der Waals surface area contributed by atoms with Crippen molar-refractivity contribution in [2.24, 2.45) is 0 Å². The molecule has 0 aromatic carbocycles. The first-order chi connectivity index (χ1) is 11.0. The predicted molar refractivity (Wildman–Crippen MR) is 83.5 cm³/mol. The average Bonchev–Trinajstić information content (AvgIpc) is 3.00. The van der Waals surface area contributed by atoms with Gasteiger partial charge in [0.2, 0.25) is 11.8 Å². The van der Waals surface area contributed by atoms with E-state index in [0.29, 0.717) is 13.0 Å². The van der Waals surface area contributed by atoms with Gasteiger partial charge in [0.15, 0.2) is 0 Å². The molecule has 0 bridgehead atoms. The second kappa shape index (κ2) is 6.27. The Morgan fingerprint density at radius 1 is 1.26 bits per heavy atom. The van der Waals surface area contributed by atoms with E-state index in [1.54, 1.807) is 22.0 Å². The minimum absolute atomic E-state index is 0.0619. The van der Waals surface area contributed by atoms with Crippen LogP contribution in [-0.4, -0.2) is 87.3 Å². The van der Waals surface area contributed by atoms with Crippen molar-refractivity contribution in [2.75, 3.05) is 40.3 Å². The van der Waals surface area contributed by atoms with Crippen LogP contribution in [0.4, 0.5) is 0 Å². The van der Waals surface area contributed by atoms with E-state index in [4.69, 9.17) is 0 Å². The first kappa shape index (κ1) is 15.9. The van der Waals surface area contributed by atoms with E-state index in [9.17, 15) is 9.59 Å². The first-order valence-electron chi connectivity index (χ1n) is 8.07. The minimum atomic E-state index is -0.100. The molecule has 2 aliphatic rings. The summed E-state index contributed by atoms with van der Waals surface area (Å²) in [6.45, 7) is 3.20. The molecular formula is C15H24N6O2. The normalized spacial score (nSPS) is 26.6. The number of likely N-dealkylation sites (N-methyl/N-ethyl adjacent to an activating group) is 1. The molecule has 8 heteroatoms. The maximum absolute atomic E-state index is 12.6. The number of hydrogen-bond acceptors (Lipinski definition) is 5. The van der Waals surface area contributed by atoms with Gasteiger partial charge in [-0.3, -0.25) is 14.5 Å². The van der Waals surface area contributed by atoms with Crippen LogP contribution in [0.15, 0.2) is 12.4 Å². The Labute approximate surface area is 136 Å². The molecule has 2 saturated heterocycles. The summed E-state index contributed by atoms with van der Waals surface area (Å²) in [5.41, 5.74) is -0.100. The van der Waals surface area contributed by atoms with Gasteiger partial charge in [-0.2, -0.15) is 0 Å². The lowest BCUT2D eigenvalue weighted by Gasteiger charge is -2.49. The highest BCUT2D eigenvalue weighted by Gasteiger charge is 2.42. The zero-order chi connectivity index (χ0) is 16.4. The van der Waals surface area contributed by atoms with Crippen molar-refractivity contribution in [3.63, 3.8) is 0 Å². The number of aromatic nitrogens is 3. The summed E-state index contributed by atoms with van der Waals surface area (Å²) in [7, 11) is 3.97. The molecule has 0 radical (unpaired) electrons. The smallest absolute Gasteiger partial charge is 0.244 e. The Balaban J connectivity index is 1.71. The topological polar surface area (TPSA) is 74.6 Å². The fraction of sp³-hybridized carbons (Fsp3) is 0.733. The van der Waals surface area contributed by atoms with E-state index in [0.717, 1.165) is 32.5 Å². The van der Waals surface area contributed by atoms with Crippen molar-refractivity contribution in [3.05, 3.63) is 12.4 Å². The fourth-order valence-corrected chi connectivity index (χ4v) is 3.53. The van der Waals surface area contributed by atoms with Gasteiger partial charge in [-0.25, -0.2) is 4.68 Å². The van der Waals surface area contributed by atoms with E-state index in [-0.39, 0.29) is 23.9 Å². The summed E-state index contributed by atoms with van der Waals surface area (Å²) in [6, 6.07) is 0. The molecule has 126 valence electrons. The average molecular weight is 320 g/mol. The quantitative estimate of drug-likeness (QED) is 0.730. The number of piperazine rings is 1. The molecule has 2 fully saturated rings. The zero-order valence-electron chi connectivity index (χ0n) is 13.8. The highest BCUT2D eigenvalue weighted by Crippen LogP contribution is 2.31. The van der Waals surface area contributed by atoms with Gasteiger partial charge in [-0.15, -0.1) is 5.10 Å². The molecule has 1 atom stereocenters. The van der Waals surface area contributed by atoms with Gasteiger partial charge in [0, 0.05) is 51.4 Å². The van der Waals surface area contributed by atoms with Crippen LogP contribution >= 0.6 is 0 Å². The molecule has 0 aliphatic carbocycles. The van der Waals surface area contributed by atoms with E-state index in [2.05, 4.69) is 22.3 Å². The summed E-state index contributed by atoms with van der Waals surface area (Å²) in [5.74, 6) is 0.258. The maximum atomic E-state index is 12.6. The number of carbonyl (C=O) groups excluding carboxylic acids is 2. The fourth-order valence-electron chi connectivity index (χ4n) is 3.53. The summed E-state index contributed by atoms with van der Waals surface area (Å²) in [4.78, 5) is 30.6. The van der Waals surface area contributed by atoms with Crippen molar-refractivity contribution in [2.45, 2.75) is 31.3 Å². The molecule has 1 aromatic rings. The third-order valence-corrected chi connectivity index (χ3v) is 5.26. The second-order valence-electron chi connectivity index (χ2n) is 6.63. The van der Waals surface area contributed by atoms with Crippen LogP contribution in [-0.2, 0) is 16.1 Å². The van der Waals surface area contributed by atoms with Crippen LogP contribution in [0.2, 0.25) is 0 Å². The van der Waals surface area contributed by atoms with Crippen LogP contribution < -0.4 is 0 Å². The highest BCUT2D eigenvalue weighted by molar-refractivity contribution is 5.77. The molecule has 2 amide bonds. The molecule has 2 aliphatic heterocycles. The minimum Gasteiger partial charge on any atom is -0.346 e. The zero-order valence-corrected chi connectivity index (χ0v) is 13.8. The third kappa shape index (κ3) is 3.21. The number of nitrogens with zero attached hydrogens (tertiary/aromatic N) is 6. The van der Waals surface area contributed by atoms with Crippen LogP contribution in [0.5, 0.6) is 0 Å². The Hall–Kier alpha value is -1.96. The Morgan fingerprint density at radius 2 is 2.09 bits per heavy atom. The summed E-state index contributed by atoms with van der Waals surface area (Å²) >= 11 is 0. The molecule has 0 N–H and O–H groups in total. The van der Waals surface area contributed by atoms with Crippen molar-refractivity contribution < 1.29 is 9.59 Å². The summed E-state index contributed by atoms with van der Waals surface area (Å²) < 4.78 is 1.55. The highest BCUT2D eigenvalue weighted by atomic mass is 16.2. The van der Waals surface area contributed by atoms with E-state index in [1.807, 2.05) is 11.9 Å². The van der Waals surface area contributed by atoms with Crippen molar-refractivity contribution in [1.82, 2.24) is 29.7 Å². The molecular weight excluding hydrogens is 296 g/mol. The number of rotatable bonds is 2. The number of hydrogen-bond donors (Lipinski definition) is 0. The van der Waals surface area contributed by atoms with Gasteiger partial charge in [0.05, 0.1) is 6.20 Å². The molecule has 8 nitrogen and oxygen atoms in total. The van der Waals surface area contributed by atoms with Gasteiger partial charge in [-0.05, 0) is 19.9 Å². The number of likely N-dealkylation sites (tertiary alicyclic amines) is 1. The van der Waals surface area contributed by atoms with E-state index >= 15 is 0 Å². The molecule has 3 heterocycles. The summed E-state index contributed by atoms with van der Waals surface area (Å²) in [6.07, 6.45) is 5.53. The largest absolute Gasteiger partial charge is 0.346 e. The van der Waals surface area contributed by atoms with Gasteiger partial charge in [0.25, 0.3) is 0 Å². The maximum Gasteiger partial charge on any atom is 0.244 e. The van der Waals surface area contributed by atoms with Gasteiger partial charge < -0.3 is 9.80 Å². The van der Waals surface area contributed by atoms with Crippen LogP contribution in [0.3, 0.4) is 0 Å². The van der Waals surface area contributed by atoms with Crippen LogP contribution in [0, 0.1) is 0 Å². The third-order valence-electron chi connectivity index (χ3n) is 5.26. The van der Waals surface area contributed by atoms with Gasteiger partial charge in [0.1, 0.15) is 6.54 Å². The molecule has 1 spiro atoms. The lowest BCUT2D eigenvalue weighted by molar-refractivity contribution is -0.137. The summed E-state index contributed by atoms with van der Waals surface area (Å²) in [5, 5.41) is 7.60. The molecule has 1 aromatic heterocycles.